The normalized spacial score (nSPS) is 10.8. The number of nitrogens with two attached hydrogens (primary N) is 1. The van der Waals surface area contributed by atoms with Crippen molar-refractivity contribution in [2.45, 2.75) is 0 Å². The molecule has 0 unspecified atom stereocenters. The van der Waals surface area contributed by atoms with Gasteiger partial charge >= 0.3 is 0 Å². The molecule has 1 aromatic heterocycles. The molecule has 0 atom stereocenters. The van der Waals surface area contributed by atoms with E-state index in [9.17, 15) is 0 Å². The van der Waals surface area contributed by atoms with E-state index in [0.29, 0.717) is 21.6 Å². The van der Waals surface area contributed by atoms with E-state index in [2.05, 4.69) is 21.0 Å². The fourth-order valence-electron chi connectivity index (χ4n) is 1.36. The fraction of sp³-hybridized carbons (Fsp3) is 0.100. The number of benzene rings is 1. The third-order valence-electron chi connectivity index (χ3n) is 2.22. The second-order valence-corrected chi connectivity index (χ2v) is 4.93. The molecule has 0 aliphatic heterocycles. The number of aromatic nitrogens is 2. The molecule has 0 amide bonds. The Morgan fingerprint density at radius 2 is 2.06 bits per heavy atom. The summed E-state index contributed by atoms with van der Waals surface area (Å²) in [5.74, 6) is 0.556. The molecule has 0 saturated carbocycles. The van der Waals surface area contributed by atoms with Crippen LogP contribution < -0.4 is 5.73 Å². The van der Waals surface area contributed by atoms with Crippen molar-refractivity contribution in [1.29, 1.82) is 0 Å². The van der Waals surface area contributed by atoms with E-state index in [-0.39, 0.29) is 0 Å². The fourth-order valence-corrected chi connectivity index (χ4v) is 2.41. The third kappa shape index (κ3) is 1.93. The smallest absolute Gasteiger partial charge is 0.136 e. The van der Waals surface area contributed by atoms with Crippen LogP contribution in [0.1, 0.15) is 0 Å². The van der Waals surface area contributed by atoms with Crippen molar-refractivity contribution in [3.8, 4) is 11.3 Å². The Labute approximate surface area is 111 Å². The molecule has 84 valence electrons. The number of anilines is 1. The standard InChI is InChI=1S/C10H8BrCl2N3/c1-16-10(14)8(11)9(15-16)6-3-2-5(12)4-7(6)13/h2-4H,14H2,1H3. The molecule has 1 heterocycles. The van der Waals surface area contributed by atoms with Crippen LogP contribution in [0.2, 0.25) is 10.0 Å². The largest absolute Gasteiger partial charge is 0.383 e. The molecule has 2 rings (SSSR count). The van der Waals surface area contributed by atoms with Crippen LogP contribution in [0.15, 0.2) is 22.7 Å². The lowest BCUT2D eigenvalue weighted by molar-refractivity contribution is 0.782. The number of aryl methyl sites for hydroxylation is 1. The second-order valence-electron chi connectivity index (χ2n) is 3.30. The third-order valence-corrected chi connectivity index (χ3v) is 3.55. The number of rotatable bonds is 1. The molecule has 0 saturated heterocycles. The maximum atomic E-state index is 6.10. The quantitative estimate of drug-likeness (QED) is 0.870. The summed E-state index contributed by atoms with van der Waals surface area (Å²) >= 11 is 15.3. The van der Waals surface area contributed by atoms with E-state index in [0.717, 1.165) is 10.0 Å². The van der Waals surface area contributed by atoms with Crippen molar-refractivity contribution in [2.75, 3.05) is 5.73 Å². The number of nitrogen functional groups attached to an aromatic ring is 1. The van der Waals surface area contributed by atoms with E-state index in [1.165, 1.54) is 0 Å². The van der Waals surface area contributed by atoms with Crippen LogP contribution >= 0.6 is 39.1 Å². The van der Waals surface area contributed by atoms with Gasteiger partial charge in [0.2, 0.25) is 0 Å². The first-order valence-corrected chi connectivity index (χ1v) is 5.99. The highest BCUT2D eigenvalue weighted by Gasteiger charge is 2.15. The predicted octanol–water partition coefficient (Wildman–Crippen LogP) is 3.74. The van der Waals surface area contributed by atoms with Crippen molar-refractivity contribution in [1.82, 2.24) is 9.78 Å². The Bertz CT molecular complexity index is 551. The second kappa shape index (κ2) is 4.28. The highest BCUT2D eigenvalue weighted by molar-refractivity contribution is 9.10. The number of halogens is 3. The molecule has 2 aromatic rings. The van der Waals surface area contributed by atoms with Gasteiger partial charge in [0.05, 0.1) is 9.50 Å². The summed E-state index contributed by atoms with van der Waals surface area (Å²) in [6.07, 6.45) is 0. The van der Waals surface area contributed by atoms with E-state index in [1.54, 1.807) is 23.9 Å². The first-order chi connectivity index (χ1) is 7.50. The van der Waals surface area contributed by atoms with Gasteiger partial charge in [-0.2, -0.15) is 5.10 Å². The van der Waals surface area contributed by atoms with Gasteiger partial charge in [0.15, 0.2) is 0 Å². The van der Waals surface area contributed by atoms with Gasteiger partial charge in [-0.05, 0) is 34.1 Å². The SMILES string of the molecule is Cn1nc(-c2ccc(Cl)cc2Cl)c(Br)c1N. The highest BCUT2D eigenvalue weighted by Crippen LogP contribution is 2.36. The van der Waals surface area contributed by atoms with Gasteiger partial charge in [-0.25, -0.2) is 0 Å². The Hall–Kier alpha value is -0.710. The van der Waals surface area contributed by atoms with Gasteiger partial charge in [-0.1, -0.05) is 23.2 Å². The van der Waals surface area contributed by atoms with E-state index in [1.807, 2.05) is 6.07 Å². The zero-order chi connectivity index (χ0) is 11.9. The zero-order valence-electron chi connectivity index (χ0n) is 8.34. The molecule has 0 aliphatic carbocycles. The predicted molar refractivity (Wildman–Crippen MR) is 70.8 cm³/mol. The van der Waals surface area contributed by atoms with Crippen molar-refractivity contribution in [2.24, 2.45) is 7.05 Å². The maximum absolute atomic E-state index is 6.10. The minimum Gasteiger partial charge on any atom is -0.383 e. The molecular weight excluding hydrogens is 313 g/mol. The van der Waals surface area contributed by atoms with Gasteiger partial charge in [0, 0.05) is 17.6 Å². The van der Waals surface area contributed by atoms with Crippen LogP contribution in [-0.2, 0) is 7.05 Å². The van der Waals surface area contributed by atoms with Crippen LogP contribution in [0.3, 0.4) is 0 Å². The Balaban J connectivity index is 2.63. The van der Waals surface area contributed by atoms with Gasteiger partial charge < -0.3 is 5.73 Å². The van der Waals surface area contributed by atoms with Crippen molar-refractivity contribution in [3.63, 3.8) is 0 Å². The number of nitrogens with zero attached hydrogens (tertiary/aromatic N) is 2. The van der Waals surface area contributed by atoms with Crippen LogP contribution in [0.4, 0.5) is 5.82 Å². The van der Waals surface area contributed by atoms with E-state index >= 15 is 0 Å². The molecule has 0 aliphatic rings. The lowest BCUT2D eigenvalue weighted by Gasteiger charge is -2.01. The summed E-state index contributed by atoms with van der Waals surface area (Å²) < 4.78 is 2.32. The summed E-state index contributed by atoms with van der Waals surface area (Å²) in [6, 6.07) is 5.26. The molecule has 0 spiro atoms. The van der Waals surface area contributed by atoms with Crippen molar-refractivity contribution in [3.05, 3.63) is 32.7 Å². The lowest BCUT2D eigenvalue weighted by atomic mass is 10.1. The Kier molecular flexibility index (Phi) is 3.15. The van der Waals surface area contributed by atoms with Crippen LogP contribution in [0, 0.1) is 0 Å². The molecular formula is C10H8BrCl2N3. The molecule has 0 radical (unpaired) electrons. The highest BCUT2D eigenvalue weighted by atomic mass is 79.9. The molecule has 0 fully saturated rings. The Morgan fingerprint density at radius 1 is 1.38 bits per heavy atom. The first-order valence-electron chi connectivity index (χ1n) is 4.44. The van der Waals surface area contributed by atoms with Crippen LogP contribution in [0.5, 0.6) is 0 Å². The number of hydrogen-bond acceptors (Lipinski definition) is 2. The summed E-state index contributed by atoms with van der Waals surface area (Å²) in [7, 11) is 1.77. The first kappa shape index (κ1) is 11.8. The molecule has 3 nitrogen and oxygen atoms in total. The van der Waals surface area contributed by atoms with Crippen molar-refractivity contribution < 1.29 is 0 Å². The minimum absolute atomic E-state index is 0.548. The van der Waals surface area contributed by atoms with Crippen LogP contribution in [-0.4, -0.2) is 9.78 Å². The summed E-state index contributed by atoms with van der Waals surface area (Å²) in [5, 5.41) is 5.43. The molecule has 2 N–H and O–H groups in total. The van der Waals surface area contributed by atoms with Gasteiger partial charge in [0.1, 0.15) is 11.5 Å². The van der Waals surface area contributed by atoms with E-state index in [4.69, 9.17) is 28.9 Å². The van der Waals surface area contributed by atoms with Crippen LogP contribution in [0.25, 0.3) is 11.3 Å². The number of hydrogen-bond donors (Lipinski definition) is 1. The van der Waals surface area contributed by atoms with Crippen molar-refractivity contribution >= 4 is 44.9 Å². The van der Waals surface area contributed by atoms with E-state index < -0.39 is 0 Å². The average Bonchev–Trinajstić information content (AvgIpc) is 2.46. The maximum Gasteiger partial charge on any atom is 0.136 e. The average molecular weight is 321 g/mol. The summed E-state index contributed by atoms with van der Waals surface area (Å²) in [4.78, 5) is 0. The molecule has 6 heteroatoms. The Morgan fingerprint density at radius 3 is 2.56 bits per heavy atom. The molecule has 16 heavy (non-hydrogen) atoms. The topological polar surface area (TPSA) is 43.8 Å². The van der Waals surface area contributed by atoms with Gasteiger partial charge in [-0.3, -0.25) is 4.68 Å². The molecule has 1 aromatic carbocycles. The van der Waals surface area contributed by atoms with Gasteiger partial charge in [-0.15, -0.1) is 0 Å². The minimum atomic E-state index is 0.548. The summed E-state index contributed by atoms with van der Waals surface area (Å²) in [6.45, 7) is 0. The monoisotopic (exact) mass is 319 g/mol. The zero-order valence-corrected chi connectivity index (χ0v) is 11.4. The molecule has 0 bridgehead atoms. The summed E-state index contributed by atoms with van der Waals surface area (Å²) in [5.41, 5.74) is 7.31. The van der Waals surface area contributed by atoms with Gasteiger partial charge in [0.25, 0.3) is 0 Å². The lowest BCUT2D eigenvalue weighted by Crippen LogP contribution is -1.97.